The summed E-state index contributed by atoms with van der Waals surface area (Å²) < 4.78 is 1.95. The molecule has 1 saturated carbocycles. The summed E-state index contributed by atoms with van der Waals surface area (Å²) in [7, 11) is 1.94. The fourth-order valence-corrected chi connectivity index (χ4v) is 3.99. The fraction of sp³-hybridized carbons (Fsp3) is 0.467. The average Bonchev–Trinajstić information content (AvgIpc) is 2.85. The zero-order chi connectivity index (χ0) is 15.5. The van der Waals surface area contributed by atoms with Gasteiger partial charge in [-0.05, 0) is 30.5 Å². The van der Waals surface area contributed by atoms with E-state index in [2.05, 4.69) is 15.1 Å². The molecule has 2 unspecified atom stereocenters. The molecular weight excluding hydrogens is 323 g/mol. The van der Waals surface area contributed by atoms with Crippen molar-refractivity contribution in [2.45, 2.75) is 6.42 Å². The summed E-state index contributed by atoms with van der Waals surface area (Å²) in [5, 5.41) is 19.3. The van der Waals surface area contributed by atoms with Crippen LogP contribution in [0.2, 0.25) is 10.0 Å². The SMILES string of the molecule is Cn1c(-c2ccc(Cl)cc2Cl)nnc1N1CC2CC2(CO)C1. The molecule has 5 nitrogen and oxygen atoms in total. The maximum absolute atomic E-state index is 9.55. The number of halogens is 2. The van der Waals surface area contributed by atoms with Crippen LogP contribution in [0.1, 0.15) is 6.42 Å². The number of piperidine rings is 1. The summed E-state index contributed by atoms with van der Waals surface area (Å²) in [6.07, 6.45) is 1.12. The van der Waals surface area contributed by atoms with Crippen molar-refractivity contribution in [3.8, 4) is 11.4 Å². The number of aliphatic hydroxyl groups excluding tert-OH is 1. The zero-order valence-corrected chi connectivity index (χ0v) is 13.6. The van der Waals surface area contributed by atoms with Crippen molar-refractivity contribution >= 4 is 29.2 Å². The molecule has 116 valence electrons. The predicted octanol–water partition coefficient (Wildman–Crippen LogP) is 2.61. The van der Waals surface area contributed by atoms with Crippen molar-refractivity contribution in [2.24, 2.45) is 18.4 Å². The van der Waals surface area contributed by atoms with E-state index in [-0.39, 0.29) is 12.0 Å². The van der Waals surface area contributed by atoms with Gasteiger partial charge in [-0.3, -0.25) is 4.57 Å². The van der Waals surface area contributed by atoms with E-state index < -0.39 is 0 Å². The molecule has 1 aliphatic carbocycles. The molecule has 4 rings (SSSR count). The van der Waals surface area contributed by atoms with Crippen molar-refractivity contribution in [3.05, 3.63) is 28.2 Å². The molecule has 1 N–H and O–H groups in total. The van der Waals surface area contributed by atoms with Crippen molar-refractivity contribution in [1.29, 1.82) is 0 Å². The van der Waals surface area contributed by atoms with Crippen molar-refractivity contribution in [1.82, 2.24) is 14.8 Å². The van der Waals surface area contributed by atoms with Gasteiger partial charge in [0.05, 0.1) is 11.6 Å². The van der Waals surface area contributed by atoms with Crippen LogP contribution in [-0.2, 0) is 7.05 Å². The topological polar surface area (TPSA) is 54.2 Å². The van der Waals surface area contributed by atoms with Crippen LogP contribution in [0.5, 0.6) is 0 Å². The first-order valence-corrected chi connectivity index (χ1v) is 8.00. The van der Waals surface area contributed by atoms with Gasteiger partial charge in [-0.1, -0.05) is 23.2 Å². The number of nitrogens with zero attached hydrogens (tertiary/aromatic N) is 4. The van der Waals surface area contributed by atoms with Crippen LogP contribution in [0.25, 0.3) is 11.4 Å². The third-order valence-corrected chi connectivity index (χ3v) is 5.47. The third kappa shape index (κ3) is 2.03. The first-order chi connectivity index (χ1) is 10.5. The normalized spacial score (nSPS) is 26.4. The highest BCUT2D eigenvalue weighted by Gasteiger charge is 2.60. The van der Waals surface area contributed by atoms with E-state index in [1.165, 1.54) is 0 Å². The van der Waals surface area contributed by atoms with E-state index in [0.29, 0.717) is 16.0 Å². The molecule has 2 aromatic rings. The largest absolute Gasteiger partial charge is 0.396 e. The Labute approximate surface area is 138 Å². The lowest BCUT2D eigenvalue weighted by atomic mass is 10.1. The average molecular weight is 339 g/mol. The van der Waals surface area contributed by atoms with Gasteiger partial charge in [0.1, 0.15) is 0 Å². The molecule has 2 fully saturated rings. The van der Waals surface area contributed by atoms with Crippen molar-refractivity contribution < 1.29 is 5.11 Å². The van der Waals surface area contributed by atoms with Crippen LogP contribution < -0.4 is 4.90 Å². The van der Waals surface area contributed by atoms with E-state index in [1.54, 1.807) is 12.1 Å². The minimum absolute atomic E-state index is 0.0873. The minimum Gasteiger partial charge on any atom is -0.396 e. The Kier molecular flexibility index (Phi) is 3.15. The van der Waals surface area contributed by atoms with Crippen molar-refractivity contribution in [2.75, 3.05) is 24.6 Å². The standard InChI is InChI=1S/C15H16Cl2N4O/c1-20-13(11-3-2-10(16)4-12(11)17)18-19-14(20)21-6-9-5-15(9,7-21)8-22/h2-4,9,22H,5-8H2,1H3. The summed E-state index contributed by atoms with van der Waals surface area (Å²) in [4.78, 5) is 2.20. The van der Waals surface area contributed by atoms with E-state index in [9.17, 15) is 5.11 Å². The Morgan fingerprint density at radius 2 is 2.18 bits per heavy atom. The number of rotatable bonds is 3. The summed E-state index contributed by atoms with van der Waals surface area (Å²) in [5.41, 5.74) is 0.901. The molecule has 7 heteroatoms. The van der Waals surface area contributed by atoms with Crippen LogP contribution in [0.15, 0.2) is 18.2 Å². The first-order valence-electron chi connectivity index (χ1n) is 7.25. The molecule has 0 radical (unpaired) electrons. The second kappa shape index (κ2) is 4.85. The predicted molar refractivity (Wildman–Crippen MR) is 86.3 cm³/mol. The molecule has 2 atom stereocenters. The molecule has 1 aliphatic heterocycles. The molecule has 1 aromatic carbocycles. The number of fused-ring (bicyclic) bond motifs is 1. The van der Waals surface area contributed by atoms with Gasteiger partial charge in [0.25, 0.3) is 0 Å². The second-order valence-corrected chi connectivity index (χ2v) is 7.15. The molecule has 0 bridgehead atoms. The lowest BCUT2D eigenvalue weighted by Gasteiger charge is -2.20. The van der Waals surface area contributed by atoms with E-state index in [0.717, 1.165) is 36.8 Å². The van der Waals surface area contributed by atoms with Crippen LogP contribution in [0.3, 0.4) is 0 Å². The lowest BCUT2D eigenvalue weighted by Crippen LogP contribution is -2.28. The molecule has 22 heavy (non-hydrogen) atoms. The van der Waals surface area contributed by atoms with Gasteiger partial charge in [-0.15, -0.1) is 10.2 Å². The Morgan fingerprint density at radius 1 is 1.36 bits per heavy atom. The smallest absolute Gasteiger partial charge is 0.227 e. The van der Waals surface area contributed by atoms with Gasteiger partial charge in [-0.2, -0.15) is 0 Å². The first kappa shape index (κ1) is 14.3. The number of hydrogen-bond donors (Lipinski definition) is 1. The van der Waals surface area contributed by atoms with E-state index in [1.807, 2.05) is 17.7 Å². The highest BCUT2D eigenvalue weighted by Crippen LogP contribution is 2.57. The third-order valence-electron chi connectivity index (χ3n) is 4.93. The summed E-state index contributed by atoms with van der Waals surface area (Å²) in [6.45, 7) is 2.03. The highest BCUT2D eigenvalue weighted by molar-refractivity contribution is 6.36. The quantitative estimate of drug-likeness (QED) is 0.934. The number of benzene rings is 1. The molecular formula is C15H16Cl2N4O. The lowest BCUT2D eigenvalue weighted by molar-refractivity contribution is 0.216. The maximum Gasteiger partial charge on any atom is 0.227 e. The van der Waals surface area contributed by atoms with E-state index >= 15 is 0 Å². The second-order valence-electron chi connectivity index (χ2n) is 6.31. The van der Waals surface area contributed by atoms with Crippen LogP contribution in [0.4, 0.5) is 5.95 Å². The molecule has 2 heterocycles. The molecule has 1 aromatic heterocycles. The highest BCUT2D eigenvalue weighted by atomic mass is 35.5. The molecule has 1 saturated heterocycles. The number of anilines is 1. The number of aliphatic hydroxyl groups is 1. The molecule has 0 amide bonds. The summed E-state index contributed by atoms with van der Waals surface area (Å²) >= 11 is 12.2. The summed E-state index contributed by atoms with van der Waals surface area (Å²) in [6, 6.07) is 5.36. The number of aromatic nitrogens is 3. The Hall–Kier alpha value is -1.30. The molecule has 2 aliphatic rings. The van der Waals surface area contributed by atoms with Gasteiger partial charge in [-0.25, -0.2) is 0 Å². The minimum atomic E-state index is 0.0873. The monoisotopic (exact) mass is 338 g/mol. The van der Waals surface area contributed by atoms with Gasteiger partial charge >= 0.3 is 0 Å². The summed E-state index contributed by atoms with van der Waals surface area (Å²) in [5.74, 6) is 2.12. The number of hydrogen-bond acceptors (Lipinski definition) is 4. The van der Waals surface area contributed by atoms with Gasteiger partial charge in [0.2, 0.25) is 5.95 Å². The Bertz CT molecular complexity index is 743. The van der Waals surface area contributed by atoms with Gasteiger partial charge < -0.3 is 10.0 Å². The van der Waals surface area contributed by atoms with Crippen LogP contribution in [0, 0.1) is 11.3 Å². The fourth-order valence-electron chi connectivity index (χ4n) is 3.49. The van der Waals surface area contributed by atoms with Gasteiger partial charge in [0, 0.05) is 36.1 Å². The van der Waals surface area contributed by atoms with Gasteiger partial charge in [0.15, 0.2) is 5.82 Å². The Balaban J connectivity index is 1.66. The zero-order valence-electron chi connectivity index (χ0n) is 12.1. The maximum atomic E-state index is 9.55. The van der Waals surface area contributed by atoms with Crippen LogP contribution in [-0.4, -0.2) is 39.6 Å². The van der Waals surface area contributed by atoms with Crippen molar-refractivity contribution in [3.63, 3.8) is 0 Å². The van der Waals surface area contributed by atoms with E-state index in [4.69, 9.17) is 23.2 Å². The van der Waals surface area contributed by atoms with Crippen LogP contribution >= 0.6 is 23.2 Å². The Morgan fingerprint density at radius 3 is 2.86 bits per heavy atom. The molecule has 0 spiro atoms.